The summed E-state index contributed by atoms with van der Waals surface area (Å²) in [4.78, 5) is 14.0. The van der Waals surface area contributed by atoms with Gasteiger partial charge in [0, 0.05) is 18.2 Å². The second kappa shape index (κ2) is 8.81. The van der Waals surface area contributed by atoms with E-state index < -0.39 is 0 Å². The van der Waals surface area contributed by atoms with Crippen molar-refractivity contribution in [2.24, 2.45) is 0 Å². The van der Waals surface area contributed by atoms with Crippen LogP contribution in [0.2, 0.25) is 0 Å². The van der Waals surface area contributed by atoms with Crippen LogP contribution in [-0.2, 0) is 4.79 Å². The molecule has 0 radical (unpaired) electrons. The van der Waals surface area contributed by atoms with Crippen LogP contribution in [0.3, 0.4) is 0 Å². The molecule has 0 spiro atoms. The van der Waals surface area contributed by atoms with Crippen molar-refractivity contribution in [3.05, 3.63) is 0 Å². The van der Waals surface area contributed by atoms with Gasteiger partial charge in [-0.2, -0.15) is 0 Å². The summed E-state index contributed by atoms with van der Waals surface area (Å²) in [6, 6.07) is 0.0973. The van der Waals surface area contributed by atoms with Crippen LogP contribution in [-0.4, -0.2) is 42.1 Å². The van der Waals surface area contributed by atoms with Crippen molar-refractivity contribution in [3.63, 3.8) is 0 Å². The molecule has 0 bridgehead atoms. The number of hydrogen-bond acceptors (Lipinski definition) is 3. The standard InChI is InChI=1S/C13H26N2OS/c1-3-4-5-6-7-8-9-14-13(16)12-10-17-11-15(12)2/h12H,3-11H2,1-2H3,(H,14,16). The van der Waals surface area contributed by atoms with Gasteiger partial charge in [0.05, 0.1) is 6.04 Å². The second-order valence-electron chi connectivity index (χ2n) is 4.83. The molecule has 1 fully saturated rings. The molecule has 0 aromatic rings. The summed E-state index contributed by atoms with van der Waals surface area (Å²) in [6.07, 6.45) is 7.66. The molecule has 1 heterocycles. The van der Waals surface area contributed by atoms with Crippen molar-refractivity contribution in [3.8, 4) is 0 Å². The largest absolute Gasteiger partial charge is 0.355 e. The minimum Gasteiger partial charge on any atom is -0.355 e. The van der Waals surface area contributed by atoms with E-state index in [1.165, 1.54) is 32.1 Å². The highest BCUT2D eigenvalue weighted by Crippen LogP contribution is 2.18. The van der Waals surface area contributed by atoms with Gasteiger partial charge in [0.25, 0.3) is 0 Å². The van der Waals surface area contributed by atoms with Crippen LogP contribution in [0.5, 0.6) is 0 Å². The Bertz CT molecular complexity index is 223. The van der Waals surface area contributed by atoms with Crippen LogP contribution in [0.25, 0.3) is 0 Å². The van der Waals surface area contributed by atoms with E-state index in [2.05, 4.69) is 17.1 Å². The van der Waals surface area contributed by atoms with E-state index in [4.69, 9.17) is 0 Å². The summed E-state index contributed by atoms with van der Waals surface area (Å²) in [5, 5.41) is 3.05. The molecular formula is C13H26N2OS. The number of unbranched alkanes of at least 4 members (excludes halogenated alkanes) is 5. The summed E-state index contributed by atoms with van der Waals surface area (Å²) in [5.41, 5.74) is 0. The van der Waals surface area contributed by atoms with Gasteiger partial charge < -0.3 is 5.32 Å². The Morgan fingerprint density at radius 2 is 2.00 bits per heavy atom. The second-order valence-corrected chi connectivity index (χ2v) is 5.83. The number of amides is 1. The summed E-state index contributed by atoms with van der Waals surface area (Å²) >= 11 is 1.84. The maximum absolute atomic E-state index is 11.8. The summed E-state index contributed by atoms with van der Waals surface area (Å²) in [5.74, 6) is 2.14. The van der Waals surface area contributed by atoms with Gasteiger partial charge in [-0.3, -0.25) is 9.69 Å². The maximum atomic E-state index is 11.8. The van der Waals surface area contributed by atoms with Crippen molar-refractivity contribution in [2.45, 2.75) is 51.5 Å². The van der Waals surface area contributed by atoms with E-state index >= 15 is 0 Å². The Morgan fingerprint density at radius 1 is 1.29 bits per heavy atom. The molecule has 1 saturated heterocycles. The zero-order valence-electron chi connectivity index (χ0n) is 11.2. The minimum absolute atomic E-state index is 0.0973. The van der Waals surface area contributed by atoms with Crippen molar-refractivity contribution in [1.29, 1.82) is 0 Å². The molecule has 17 heavy (non-hydrogen) atoms. The Balaban J connectivity index is 1.97. The van der Waals surface area contributed by atoms with Gasteiger partial charge in [0.15, 0.2) is 0 Å². The zero-order valence-corrected chi connectivity index (χ0v) is 12.0. The first kappa shape index (κ1) is 14.8. The molecule has 1 aliphatic heterocycles. The van der Waals surface area contributed by atoms with Crippen LogP contribution in [0.1, 0.15) is 45.4 Å². The lowest BCUT2D eigenvalue weighted by molar-refractivity contribution is -0.124. The first-order valence-electron chi connectivity index (χ1n) is 6.81. The Morgan fingerprint density at radius 3 is 2.65 bits per heavy atom. The van der Waals surface area contributed by atoms with Crippen molar-refractivity contribution < 1.29 is 4.79 Å². The van der Waals surface area contributed by atoms with E-state index in [0.29, 0.717) is 0 Å². The number of thioether (sulfide) groups is 1. The van der Waals surface area contributed by atoms with Crippen molar-refractivity contribution >= 4 is 17.7 Å². The van der Waals surface area contributed by atoms with Crippen molar-refractivity contribution in [1.82, 2.24) is 10.2 Å². The maximum Gasteiger partial charge on any atom is 0.238 e. The van der Waals surface area contributed by atoms with Crippen LogP contribution in [0.4, 0.5) is 0 Å². The summed E-state index contributed by atoms with van der Waals surface area (Å²) in [6.45, 7) is 3.08. The van der Waals surface area contributed by atoms with E-state index in [1.54, 1.807) is 0 Å². The normalized spacial score (nSPS) is 20.7. The van der Waals surface area contributed by atoms with Gasteiger partial charge in [-0.15, -0.1) is 11.8 Å². The van der Waals surface area contributed by atoms with E-state index in [1.807, 2.05) is 18.8 Å². The van der Waals surface area contributed by atoms with Gasteiger partial charge in [0.1, 0.15) is 0 Å². The molecule has 1 atom stereocenters. The lowest BCUT2D eigenvalue weighted by Crippen LogP contribution is -2.43. The van der Waals surface area contributed by atoms with Crippen LogP contribution < -0.4 is 5.32 Å². The Labute approximate surface area is 110 Å². The van der Waals surface area contributed by atoms with Gasteiger partial charge in [-0.25, -0.2) is 0 Å². The molecule has 0 aliphatic carbocycles. The molecule has 3 nitrogen and oxygen atoms in total. The molecule has 1 rings (SSSR count). The fraction of sp³-hybridized carbons (Fsp3) is 0.923. The molecular weight excluding hydrogens is 232 g/mol. The molecule has 4 heteroatoms. The molecule has 0 aromatic carbocycles. The average molecular weight is 258 g/mol. The quantitative estimate of drug-likeness (QED) is 0.679. The predicted molar refractivity (Wildman–Crippen MR) is 75.3 cm³/mol. The topological polar surface area (TPSA) is 32.3 Å². The third-order valence-corrected chi connectivity index (χ3v) is 4.38. The highest BCUT2D eigenvalue weighted by molar-refractivity contribution is 7.99. The molecule has 100 valence electrons. The van der Waals surface area contributed by atoms with Gasteiger partial charge in [0.2, 0.25) is 5.91 Å². The monoisotopic (exact) mass is 258 g/mol. The minimum atomic E-state index is 0.0973. The zero-order chi connectivity index (χ0) is 12.5. The molecule has 1 unspecified atom stereocenters. The van der Waals surface area contributed by atoms with Crippen LogP contribution >= 0.6 is 11.8 Å². The summed E-state index contributed by atoms with van der Waals surface area (Å²) in [7, 11) is 2.02. The molecule has 0 aromatic heterocycles. The Hall–Kier alpha value is -0.220. The third-order valence-electron chi connectivity index (χ3n) is 3.23. The van der Waals surface area contributed by atoms with Gasteiger partial charge in [-0.1, -0.05) is 39.0 Å². The predicted octanol–water partition coefficient (Wildman–Crippen LogP) is 2.47. The van der Waals surface area contributed by atoms with Crippen molar-refractivity contribution in [2.75, 3.05) is 25.2 Å². The summed E-state index contributed by atoms with van der Waals surface area (Å²) < 4.78 is 0. The Kier molecular flexibility index (Phi) is 7.69. The fourth-order valence-corrected chi connectivity index (χ4v) is 3.24. The molecule has 1 aliphatic rings. The number of nitrogens with zero attached hydrogens (tertiary/aromatic N) is 1. The third kappa shape index (κ3) is 5.77. The molecule has 1 N–H and O–H groups in total. The van der Waals surface area contributed by atoms with E-state index in [-0.39, 0.29) is 11.9 Å². The smallest absolute Gasteiger partial charge is 0.238 e. The number of likely N-dealkylation sites (N-methyl/N-ethyl adjacent to an activating group) is 1. The van der Waals surface area contributed by atoms with E-state index in [9.17, 15) is 4.79 Å². The first-order chi connectivity index (χ1) is 8.25. The highest BCUT2D eigenvalue weighted by atomic mass is 32.2. The van der Waals surface area contributed by atoms with Crippen LogP contribution in [0, 0.1) is 0 Å². The molecule has 0 saturated carbocycles. The number of rotatable bonds is 8. The highest BCUT2D eigenvalue weighted by Gasteiger charge is 2.27. The number of nitrogens with one attached hydrogen (secondary N) is 1. The number of carbonyl (C=O) groups excluding carboxylic acids is 1. The van der Waals surface area contributed by atoms with E-state index in [0.717, 1.165) is 24.6 Å². The fourth-order valence-electron chi connectivity index (χ4n) is 2.04. The lowest BCUT2D eigenvalue weighted by atomic mass is 10.1. The van der Waals surface area contributed by atoms with Crippen LogP contribution in [0.15, 0.2) is 0 Å². The van der Waals surface area contributed by atoms with Gasteiger partial charge in [-0.05, 0) is 13.5 Å². The first-order valence-corrected chi connectivity index (χ1v) is 7.97. The molecule has 1 amide bonds. The average Bonchev–Trinajstić information content (AvgIpc) is 2.74. The van der Waals surface area contributed by atoms with Gasteiger partial charge >= 0.3 is 0 Å². The number of carbonyl (C=O) groups is 1. The number of hydrogen-bond donors (Lipinski definition) is 1. The lowest BCUT2D eigenvalue weighted by Gasteiger charge is -2.17. The SMILES string of the molecule is CCCCCCCCNC(=O)C1CSCN1C.